The topological polar surface area (TPSA) is 46.0 Å². The SMILES string of the molecule is CC.CC.Cc1cc(O)c(Cl)c(Cc2ccc3cccnc3c2C)c1.Cc1cccc(C2CC2)n1. The van der Waals surface area contributed by atoms with E-state index in [0.717, 1.165) is 39.2 Å². The Morgan fingerprint density at radius 3 is 2.26 bits per heavy atom. The maximum absolute atomic E-state index is 9.86. The molecule has 35 heavy (non-hydrogen) atoms. The van der Waals surface area contributed by atoms with Gasteiger partial charge in [0, 0.05) is 28.9 Å². The van der Waals surface area contributed by atoms with Crippen LogP contribution in [0, 0.1) is 20.8 Å². The summed E-state index contributed by atoms with van der Waals surface area (Å²) in [6.07, 6.45) is 5.18. The number of aromatic nitrogens is 2. The van der Waals surface area contributed by atoms with Crippen molar-refractivity contribution < 1.29 is 5.11 Å². The molecule has 4 heteroatoms. The first-order valence-corrected chi connectivity index (χ1v) is 13.0. The summed E-state index contributed by atoms with van der Waals surface area (Å²) in [4.78, 5) is 8.89. The van der Waals surface area contributed by atoms with E-state index in [9.17, 15) is 5.11 Å². The van der Waals surface area contributed by atoms with Gasteiger partial charge in [0.05, 0.1) is 10.5 Å². The maximum atomic E-state index is 9.86. The van der Waals surface area contributed by atoms with E-state index in [4.69, 9.17) is 11.6 Å². The number of phenols is 1. The maximum Gasteiger partial charge on any atom is 0.134 e. The van der Waals surface area contributed by atoms with E-state index >= 15 is 0 Å². The number of nitrogens with zero attached hydrogens (tertiary/aromatic N) is 2. The van der Waals surface area contributed by atoms with Crippen LogP contribution < -0.4 is 0 Å². The van der Waals surface area contributed by atoms with Crippen LogP contribution in [-0.2, 0) is 6.42 Å². The Morgan fingerprint density at radius 2 is 1.60 bits per heavy atom. The Bertz CT molecular complexity index is 1230. The molecule has 0 radical (unpaired) electrons. The summed E-state index contributed by atoms with van der Waals surface area (Å²) in [6, 6.07) is 18.2. The molecule has 0 amide bonds. The van der Waals surface area contributed by atoms with Gasteiger partial charge < -0.3 is 5.11 Å². The first-order chi connectivity index (χ1) is 16.9. The highest BCUT2D eigenvalue weighted by atomic mass is 35.5. The molecular weight excluding hydrogens is 452 g/mol. The monoisotopic (exact) mass is 490 g/mol. The van der Waals surface area contributed by atoms with Gasteiger partial charge in [-0.1, -0.05) is 69.6 Å². The average molecular weight is 491 g/mol. The molecule has 4 aromatic rings. The molecule has 0 unspecified atom stereocenters. The van der Waals surface area contributed by atoms with Crippen molar-refractivity contribution >= 4 is 22.5 Å². The molecule has 0 atom stereocenters. The van der Waals surface area contributed by atoms with E-state index < -0.39 is 0 Å². The number of pyridine rings is 2. The molecule has 3 nitrogen and oxygen atoms in total. The summed E-state index contributed by atoms with van der Waals surface area (Å²) in [6.45, 7) is 14.1. The summed E-state index contributed by atoms with van der Waals surface area (Å²) in [5, 5.41) is 11.4. The minimum absolute atomic E-state index is 0.142. The highest BCUT2D eigenvalue weighted by molar-refractivity contribution is 6.32. The van der Waals surface area contributed by atoms with Gasteiger partial charge in [-0.15, -0.1) is 0 Å². The summed E-state index contributed by atoms with van der Waals surface area (Å²) < 4.78 is 0. The van der Waals surface area contributed by atoms with Gasteiger partial charge in [-0.05, 0) is 86.6 Å². The lowest BCUT2D eigenvalue weighted by atomic mass is 9.97. The van der Waals surface area contributed by atoms with Crippen molar-refractivity contribution in [3.63, 3.8) is 0 Å². The Hall–Kier alpha value is -2.91. The second kappa shape index (κ2) is 13.8. The highest BCUT2D eigenvalue weighted by Crippen LogP contribution is 2.38. The molecule has 186 valence electrons. The lowest BCUT2D eigenvalue weighted by Crippen LogP contribution is -1.96. The normalized spacial score (nSPS) is 11.9. The second-order valence-electron chi connectivity index (χ2n) is 8.34. The van der Waals surface area contributed by atoms with Gasteiger partial charge in [0.15, 0.2) is 0 Å². The molecule has 0 saturated heterocycles. The van der Waals surface area contributed by atoms with Gasteiger partial charge in [-0.3, -0.25) is 9.97 Å². The van der Waals surface area contributed by atoms with Crippen molar-refractivity contribution in [2.45, 2.75) is 73.6 Å². The third kappa shape index (κ3) is 7.80. The van der Waals surface area contributed by atoms with E-state index in [1.54, 1.807) is 6.07 Å². The number of aromatic hydroxyl groups is 1. The number of aryl methyl sites for hydroxylation is 3. The van der Waals surface area contributed by atoms with E-state index in [0.29, 0.717) is 11.4 Å². The molecule has 0 spiro atoms. The zero-order valence-corrected chi connectivity index (χ0v) is 22.9. The molecule has 1 aliphatic carbocycles. The van der Waals surface area contributed by atoms with Crippen molar-refractivity contribution in [1.82, 2.24) is 9.97 Å². The standard InChI is InChI=1S/C18H16ClNO.C9H11N.2C2H6/c1-11-8-15(17(19)16(21)9-11)10-14-6-5-13-4-3-7-20-18(13)12(14)2;1-7-3-2-4-9(10-7)8-5-6-8;2*1-2/h3-9,21H,10H2,1-2H3;2-4,8H,5-6H2,1H3;2*1-2H3. The third-order valence-electron chi connectivity index (χ3n) is 5.70. The van der Waals surface area contributed by atoms with Gasteiger partial charge in [-0.25, -0.2) is 0 Å². The van der Waals surface area contributed by atoms with Crippen molar-refractivity contribution in [2.75, 3.05) is 0 Å². The quantitative estimate of drug-likeness (QED) is 0.311. The predicted octanol–water partition coefficient (Wildman–Crippen LogP) is 9.12. The summed E-state index contributed by atoms with van der Waals surface area (Å²) in [7, 11) is 0. The van der Waals surface area contributed by atoms with Gasteiger partial charge in [0.25, 0.3) is 0 Å². The zero-order valence-electron chi connectivity index (χ0n) is 22.2. The molecule has 1 N–H and O–H groups in total. The molecule has 0 bridgehead atoms. The zero-order chi connectivity index (χ0) is 26.0. The molecular formula is C31H39ClN2O. The van der Waals surface area contributed by atoms with Crippen LogP contribution in [0.2, 0.25) is 5.02 Å². The van der Waals surface area contributed by atoms with Gasteiger partial charge in [0.1, 0.15) is 5.75 Å². The summed E-state index contributed by atoms with van der Waals surface area (Å²) in [5.41, 5.74) is 7.72. The fraction of sp³-hybridized carbons (Fsp3) is 0.355. The second-order valence-corrected chi connectivity index (χ2v) is 8.71. The van der Waals surface area contributed by atoms with Crippen molar-refractivity contribution in [3.05, 3.63) is 99.5 Å². The van der Waals surface area contributed by atoms with Crippen LogP contribution in [0.5, 0.6) is 5.75 Å². The number of halogens is 1. The van der Waals surface area contributed by atoms with Crippen LogP contribution >= 0.6 is 11.6 Å². The number of benzene rings is 2. The molecule has 2 aromatic carbocycles. The fourth-order valence-electron chi connectivity index (χ4n) is 3.85. The molecule has 1 fully saturated rings. The number of fused-ring (bicyclic) bond motifs is 1. The van der Waals surface area contributed by atoms with Gasteiger partial charge in [-0.2, -0.15) is 0 Å². The van der Waals surface area contributed by atoms with Crippen LogP contribution in [0.1, 0.15) is 80.1 Å². The van der Waals surface area contributed by atoms with E-state index in [2.05, 4.69) is 47.2 Å². The Morgan fingerprint density at radius 1 is 0.886 bits per heavy atom. The summed E-state index contributed by atoms with van der Waals surface area (Å²) >= 11 is 6.22. The highest BCUT2D eigenvalue weighted by Gasteiger charge is 2.24. The van der Waals surface area contributed by atoms with Crippen LogP contribution in [-0.4, -0.2) is 15.1 Å². The molecule has 2 aromatic heterocycles. The summed E-state index contributed by atoms with van der Waals surface area (Å²) in [5.74, 6) is 0.933. The van der Waals surface area contributed by atoms with Crippen molar-refractivity contribution in [3.8, 4) is 5.75 Å². The predicted molar refractivity (Wildman–Crippen MR) is 151 cm³/mol. The molecule has 1 saturated carbocycles. The molecule has 2 heterocycles. The van der Waals surface area contributed by atoms with Crippen molar-refractivity contribution in [2.24, 2.45) is 0 Å². The first kappa shape index (κ1) is 28.3. The fourth-order valence-corrected chi connectivity index (χ4v) is 4.03. The van der Waals surface area contributed by atoms with Gasteiger partial charge in [0.2, 0.25) is 0 Å². The Balaban J connectivity index is 0.000000257. The van der Waals surface area contributed by atoms with Gasteiger partial charge >= 0.3 is 0 Å². The van der Waals surface area contributed by atoms with E-state index in [1.807, 2.05) is 65.9 Å². The number of hydrogen-bond acceptors (Lipinski definition) is 3. The molecule has 5 rings (SSSR count). The van der Waals surface area contributed by atoms with Crippen LogP contribution in [0.4, 0.5) is 0 Å². The van der Waals surface area contributed by atoms with Crippen LogP contribution in [0.25, 0.3) is 10.9 Å². The van der Waals surface area contributed by atoms with Crippen LogP contribution in [0.15, 0.2) is 60.8 Å². The lowest BCUT2D eigenvalue weighted by Gasteiger charge is -2.11. The number of phenolic OH excluding ortho intramolecular Hbond substituents is 1. The third-order valence-corrected chi connectivity index (χ3v) is 6.14. The van der Waals surface area contributed by atoms with E-state index in [1.165, 1.54) is 24.1 Å². The van der Waals surface area contributed by atoms with E-state index in [-0.39, 0.29) is 5.75 Å². The lowest BCUT2D eigenvalue weighted by molar-refractivity contribution is 0.474. The number of rotatable bonds is 3. The Labute approximate surface area is 216 Å². The van der Waals surface area contributed by atoms with Crippen LogP contribution in [0.3, 0.4) is 0 Å². The largest absolute Gasteiger partial charge is 0.506 e. The molecule has 1 aliphatic rings. The average Bonchev–Trinajstić information content (AvgIpc) is 3.73. The minimum Gasteiger partial charge on any atom is -0.506 e. The minimum atomic E-state index is 0.142. The smallest absolute Gasteiger partial charge is 0.134 e. The Kier molecular flexibility index (Phi) is 11.2. The number of hydrogen-bond donors (Lipinski definition) is 1. The first-order valence-electron chi connectivity index (χ1n) is 12.7. The molecule has 0 aliphatic heterocycles. The van der Waals surface area contributed by atoms with Crippen molar-refractivity contribution in [1.29, 1.82) is 0 Å².